The van der Waals surface area contributed by atoms with Crippen molar-refractivity contribution in [2.75, 3.05) is 12.4 Å². The number of nitrogens with zero attached hydrogens (tertiary/aromatic N) is 3. The van der Waals surface area contributed by atoms with E-state index in [0.29, 0.717) is 6.67 Å². The van der Waals surface area contributed by atoms with E-state index in [4.69, 9.17) is 17.3 Å². The Hall–Kier alpha value is -2.80. The van der Waals surface area contributed by atoms with Crippen LogP contribution in [0.2, 0.25) is 0 Å². The molecule has 6 heteroatoms. The maximum absolute atomic E-state index is 5.61. The molecule has 0 aliphatic rings. The number of nitrogens with one attached hydrogen (secondary N) is 1. The summed E-state index contributed by atoms with van der Waals surface area (Å²) in [5.74, 6) is 0. The first-order chi connectivity index (χ1) is 14.6. The van der Waals surface area contributed by atoms with Crippen molar-refractivity contribution in [3.05, 3.63) is 106 Å². The topological polar surface area (TPSA) is 33.1 Å². The number of rotatable bonds is 7. The van der Waals surface area contributed by atoms with Crippen LogP contribution < -0.4 is 5.32 Å². The molecule has 1 N–H and O–H groups in total. The minimum atomic E-state index is 0.115. The molecule has 4 nitrogen and oxygen atoms in total. The van der Waals surface area contributed by atoms with Crippen LogP contribution in [-0.4, -0.2) is 21.7 Å². The molecule has 0 saturated heterocycles. The Labute approximate surface area is 186 Å². The normalized spacial score (nSPS) is 11.2. The van der Waals surface area contributed by atoms with Crippen LogP contribution in [0.4, 0.5) is 10.8 Å². The number of benzene rings is 3. The van der Waals surface area contributed by atoms with Gasteiger partial charge in [-0.3, -0.25) is 4.90 Å². The number of anilines is 2. The quantitative estimate of drug-likeness (QED) is 0.342. The van der Waals surface area contributed by atoms with Gasteiger partial charge in [0.2, 0.25) is 5.13 Å². The van der Waals surface area contributed by atoms with Gasteiger partial charge in [0.1, 0.15) is 0 Å². The van der Waals surface area contributed by atoms with Crippen molar-refractivity contribution in [2.45, 2.75) is 19.6 Å². The molecule has 0 aliphatic carbocycles. The highest BCUT2D eigenvalue weighted by atomic mass is 32.1. The van der Waals surface area contributed by atoms with Crippen molar-refractivity contribution in [3.63, 3.8) is 0 Å². The summed E-state index contributed by atoms with van der Waals surface area (Å²) in [6, 6.07) is 29.4. The van der Waals surface area contributed by atoms with Gasteiger partial charge >= 0.3 is 0 Å². The predicted octanol–water partition coefficient (Wildman–Crippen LogP) is 6.41. The molecule has 3 aromatic carbocycles. The van der Waals surface area contributed by atoms with Crippen LogP contribution in [0, 0.1) is 10.9 Å². The molecule has 0 radical (unpaired) electrons. The highest BCUT2D eigenvalue weighted by Crippen LogP contribution is 2.28. The molecule has 152 valence electrons. The van der Waals surface area contributed by atoms with Gasteiger partial charge in [0, 0.05) is 5.69 Å². The molecule has 0 bridgehead atoms. The first-order valence-corrected chi connectivity index (χ1v) is 11.0. The van der Waals surface area contributed by atoms with Gasteiger partial charge in [-0.05, 0) is 55.0 Å². The maximum atomic E-state index is 5.61. The van der Waals surface area contributed by atoms with Gasteiger partial charge in [0.05, 0.1) is 12.7 Å². The molecule has 1 aromatic heterocycles. The van der Waals surface area contributed by atoms with E-state index in [1.807, 2.05) is 28.9 Å². The molecule has 0 saturated carbocycles. The van der Waals surface area contributed by atoms with Crippen LogP contribution >= 0.6 is 23.6 Å². The predicted molar refractivity (Wildman–Crippen MR) is 128 cm³/mol. The van der Waals surface area contributed by atoms with Crippen LogP contribution in [0.1, 0.15) is 22.7 Å². The summed E-state index contributed by atoms with van der Waals surface area (Å²) >= 11 is 7.09. The van der Waals surface area contributed by atoms with Gasteiger partial charge in [0.25, 0.3) is 0 Å². The summed E-state index contributed by atoms with van der Waals surface area (Å²) < 4.78 is 2.63. The van der Waals surface area contributed by atoms with Gasteiger partial charge in [-0.25, -0.2) is 4.68 Å². The number of hydrogen-bond donors (Lipinski definition) is 1. The minimum Gasteiger partial charge on any atom is -0.330 e. The van der Waals surface area contributed by atoms with Gasteiger partial charge in [0.15, 0.2) is 3.95 Å². The first-order valence-electron chi connectivity index (χ1n) is 9.82. The zero-order valence-corrected chi connectivity index (χ0v) is 18.7. The third-order valence-electron chi connectivity index (χ3n) is 4.90. The monoisotopic (exact) mass is 432 g/mol. The van der Waals surface area contributed by atoms with Crippen LogP contribution in [-0.2, 0) is 6.67 Å². The summed E-state index contributed by atoms with van der Waals surface area (Å²) in [4.78, 5) is 2.27. The Morgan fingerprint density at radius 1 is 0.967 bits per heavy atom. The van der Waals surface area contributed by atoms with Crippen LogP contribution in [0.3, 0.4) is 0 Å². The van der Waals surface area contributed by atoms with Gasteiger partial charge in [-0.2, -0.15) is 0 Å². The molecule has 30 heavy (non-hydrogen) atoms. The van der Waals surface area contributed by atoms with E-state index < -0.39 is 0 Å². The molecule has 0 aliphatic heterocycles. The largest absolute Gasteiger partial charge is 0.330 e. The van der Waals surface area contributed by atoms with E-state index in [-0.39, 0.29) is 6.04 Å². The van der Waals surface area contributed by atoms with E-state index in [1.54, 1.807) is 0 Å². The van der Waals surface area contributed by atoms with Crippen molar-refractivity contribution in [1.82, 2.24) is 14.7 Å². The van der Waals surface area contributed by atoms with Crippen LogP contribution in [0.15, 0.2) is 84.9 Å². The fourth-order valence-electron chi connectivity index (χ4n) is 3.56. The van der Waals surface area contributed by atoms with Crippen molar-refractivity contribution in [2.24, 2.45) is 0 Å². The Kier molecular flexibility index (Phi) is 6.38. The van der Waals surface area contributed by atoms with E-state index >= 15 is 0 Å². The van der Waals surface area contributed by atoms with Crippen LogP contribution in [0.25, 0.3) is 0 Å². The van der Waals surface area contributed by atoms with Crippen LogP contribution in [0.5, 0.6) is 0 Å². The van der Waals surface area contributed by atoms with Gasteiger partial charge in [-0.15, -0.1) is 5.10 Å². The fourth-order valence-corrected chi connectivity index (χ4v) is 4.57. The lowest BCUT2D eigenvalue weighted by molar-refractivity contribution is 0.209. The number of aryl methyl sites for hydroxylation is 1. The highest BCUT2D eigenvalue weighted by molar-refractivity contribution is 7.73. The molecule has 0 spiro atoms. The third kappa shape index (κ3) is 4.84. The summed E-state index contributed by atoms with van der Waals surface area (Å²) in [6.07, 6.45) is 0. The van der Waals surface area contributed by atoms with E-state index in [9.17, 15) is 0 Å². The molecule has 1 heterocycles. The molecule has 0 unspecified atom stereocenters. The highest BCUT2D eigenvalue weighted by Gasteiger charge is 2.20. The lowest BCUT2D eigenvalue weighted by atomic mass is 9.98. The lowest BCUT2D eigenvalue weighted by Gasteiger charge is -2.28. The van der Waals surface area contributed by atoms with E-state index in [1.165, 1.54) is 28.0 Å². The number of hydrogen-bond acceptors (Lipinski definition) is 5. The molecular weight excluding hydrogens is 408 g/mol. The summed E-state index contributed by atoms with van der Waals surface area (Å²) in [6.45, 7) is 2.67. The Bertz CT molecular complexity index is 1110. The summed E-state index contributed by atoms with van der Waals surface area (Å²) in [5.41, 5.74) is 4.71. The van der Waals surface area contributed by atoms with E-state index in [2.05, 4.69) is 84.9 Å². The Balaban J connectivity index is 1.58. The van der Waals surface area contributed by atoms with Gasteiger partial charge < -0.3 is 5.32 Å². The average molecular weight is 433 g/mol. The molecule has 0 fully saturated rings. The minimum absolute atomic E-state index is 0.115. The first kappa shape index (κ1) is 20.5. The smallest absolute Gasteiger partial charge is 0.209 e. The molecule has 0 atom stereocenters. The fraction of sp³-hybridized carbons (Fsp3) is 0.167. The van der Waals surface area contributed by atoms with E-state index in [0.717, 1.165) is 14.8 Å². The van der Waals surface area contributed by atoms with Crippen molar-refractivity contribution < 1.29 is 0 Å². The van der Waals surface area contributed by atoms with Gasteiger partial charge in [-0.1, -0.05) is 84.1 Å². The Morgan fingerprint density at radius 2 is 1.60 bits per heavy atom. The standard InChI is InChI=1S/C24H24N4S2/c1-18-10-9-15-21(16-18)25-23-26-28(24(29)30-23)17-27(2)22(19-11-5-3-6-12-19)20-13-7-4-8-14-20/h3-16,22H,17H2,1-2H3,(H,25,26). The second-order valence-electron chi connectivity index (χ2n) is 7.29. The third-order valence-corrected chi connectivity index (χ3v) is 6.13. The SMILES string of the molecule is Cc1cccc(Nc2nn(CN(C)C(c3ccccc3)c3ccccc3)c(=S)s2)c1. The summed E-state index contributed by atoms with van der Waals surface area (Å²) in [7, 11) is 2.11. The molecule has 4 aromatic rings. The zero-order chi connectivity index (χ0) is 20.9. The number of aromatic nitrogens is 2. The second kappa shape index (κ2) is 9.34. The molecule has 4 rings (SSSR count). The van der Waals surface area contributed by atoms with Crippen molar-refractivity contribution in [1.29, 1.82) is 0 Å². The second-order valence-corrected chi connectivity index (χ2v) is 8.91. The Morgan fingerprint density at radius 3 is 2.20 bits per heavy atom. The maximum Gasteiger partial charge on any atom is 0.209 e. The lowest BCUT2D eigenvalue weighted by Crippen LogP contribution is -2.28. The van der Waals surface area contributed by atoms with Crippen molar-refractivity contribution in [3.8, 4) is 0 Å². The zero-order valence-electron chi connectivity index (χ0n) is 17.0. The molecular formula is C24H24N4S2. The molecule has 0 amide bonds. The van der Waals surface area contributed by atoms with Crippen molar-refractivity contribution >= 4 is 34.4 Å². The summed E-state index contributed by atoms with van der Waals surface area (Å²) in [5, 5.41) is 8.90. The average Bonchev–Trinajstić information content (AvgIpc) is 3.08.